The number of aryl methyl sites for hydroxylation is 1. The van der Waals surface area contributed by atoms with Crippen LogP contribution in [0.25, 0.3) is 0 Å². The van der Waals surface area contributed by atoms with Crippen LogP contribution in [0, 0.1) is 5.92 Å². The van der Waals surface area contributed by atoms with E-state index in [1.165, 1.54) is 6.33 Å². The summed E-state index contributed by atoms with van der Waals surface area (Å²) < 4.78 is 1.80. The normalized spacial score (nSPS) is 10.8. The van der Waals surface area contributed by atoms with Crippen molar-refractivity contribution >= 4 is 5.91 Å². The van der Waals surface area contributed by atoms with Gasteiger partial charge in [0.05, 0.1) is 13.1 Å². The largest absolute Gasteiger partial charge is 0.355 e. The highest BCUT2D eigenvalue weighted by Gasteiger charge is 2.04. The van der Waals surface area contributed by atoms with Gasteiger partial charge in [-0.25, -0.2) is 9.67 Å². The van der Waals surface area contributed by atoms with Crippen LogP contribution in [-0.4, -0.2) is 33.8 Å². The van der Waals surface area contributed by atoms with Gasteiger partial charge in [0.25, 0.3) is 0 Å². The second-order valence-corrected chi connectivity index (χ2v) is 4.29. The number of hydrogen-bond acceptors (Lipinski definition) is 4. The molecule has 0 saturated carbocycles. The molecule has 0 atom stereocenters. The zero-order valence-corrected chi connectivity index (χ0v) is 10.7. The first-order valence-electron chi connectivity index (χ1n) is 5.97. The number of hydrogen-bond donors (Lipinski definition) is 2. The van der Waals surface area contributed by atoms with Gasteiger partial charge in [0, 0.05) is 13.1 Å². The third kappa shape index (κ3) is 4.95. The van der Waals surface area contributed by atoms with E-state index in [1.807, 2.05) is 6.92 Å². The van der Waals surface area contributed by atoms with E-state index in [4.69, 9.17) is 0 Å². The van der Waals surface area contributed by atoms with Crippen LogP contribution in [0.1, 0.15) is 26.6 Å². The predicted molar refractivity (Wildman–Crippen MR) is 65.3 cm³/mol. The van der Waals surface area contributed by atoms with Gasteiger partial charge in [0.2, 0.25) is 5.91 Å². The Kier molecular flexibility index (Phi) is 5.62. The third-order valence-corrected chi connectivity index (χ3v) is 2.27. The Hall–Kier alpha value is -1.43. The Morgan fingerprint density at radius 2 is 2.29 bits per heavy atom. The van der Waals surface area contributed by atoms with Crippen molar-refractivity contribution in [1.29, 1.82) is 0 Å². The molecule has 6 nitrogen and oxygen atoms in total. The summed E-state index contributed by atoms with van der Waals surface area (Å²) >= 11 is 0. The van der Waals surface area contributed by atoms with E-state index in [0.717, 1.165) is 12.4 Å². The van der Waals surface area contributed by atoms with Crippen LogP contribution < -0.4 is 10.6 Å². The van der Waals surface area contributed by atoms with Gasteiger partial charge in [-0.1, -0.05) is 13.8 Å². The first-order chi connectivity index (χ1) is 8.13. The van der Waals surface area contributed by atoms with Gasteiger partial charge >= 0.3 is 0 Å². The minimum atomic E-state index is 0.0151. The molecular weight excluding hydrogens is 218 g/mol. The molecule has 0 aliphatic carbocycles. The summed E-state index contributed by atoms with van der Waals surface area (Å²) in [5.74, 6) is 1.34. The fourth-order valence-corrected chi connectivity index (χ4v) is 1.36. The van der Waals surface area contributed by atoms with Crippen molar-refractivity contribution in [3.8, 4) is 0 Å². The smallest absolute Gasteiger partial charge is 0.233 e. The van der Waals surface area contributed by atoms with Crippen LogP contribution in [0.3, 0.4) is 0 Å². The van der Waals surface area contributed by atoms with Gasteiger partial charge < -0.3 is 10.6 Å². The number of aromatic nitrogens is 3. The molecule has 2 N–H and O–H groups in total. The highest BCUT2D eigenvalue weighted by molar-refractivity contribution is 5.77. The molecule has 96 valence electrons. The maximum absolute atomic E-state index is 11.4. The van der Waals surface area contributed by atoms with E-state index in [1.54, 1.807) is 4.68 Å². The van der Waals surface area contributed by atoms with Gasteiger partial charge in [-0.2, -0.15) is 5.10 Å². The predicted octanol–water partition coefficient (Wildman–Crippen LogP) is 0.160. The van der Waals surface area contributed by atoms with Crippen LogP contribution >= 0.6 is 0 Å². The minimum absolute atomic E-state index is 0.0151. The Bertz CT molecular complexity index is 347. The molecule has 0 spiro atoms. The Balaban J connectivity index is 2.21. The van der Waals surface area contributed by atoms with Crippen LogP contribution in [0.15, 0.2) is 6.33 Å². The lowest BCUT2D eigenvalue weighted by Crippen LogP contribution is -2.35. The molecule has 1 heterocycles. The standard InChI is InChI=1S/C11H21N5O/c1-4-16-10(14-8-15-16)6-12-7-11(17)13-5-9(2)3/h8-9,12H,4-7H2,1-3H3,(H,13,17). The summed E-state index contributed by atoms with van der Waals surface area (Å²) in [6.45, 7) is 8.51. The fraction of sp³-hybridized carbons (Fsp3) is 0.727. The van der Waals surface area contributed by atoms with Crippen molar-refractivity contribution in [3.63, 3.8) is 0 Å². The SMILES string of the molecule is CCn1ncnc1CNCC(=O)NCC(C)C. The van der Waals surface area contributed by atoms with E-state index in [9.17, 15) is 4.79 Å². The lowest BCUT2D eigenvalue weighted by molar-refractivity contribution is -0.120. The van der Waals surface area contributed by atoms with E-state index in [-0.39, 0.29) is 5.91 Å². The summed E-state index contributed by atoms with van der Waals surface area (Å²) in [4.78, 5) is 15.5. The molecule has 0 saturated heterocycles. The van der Waals surface area contributed by atoms with Crippen molar-refractivity contribution < 1.29 is 4.79 Å². The van der Waals surface area contributed by atoms with Crippen LogP contribution in [0.5, 0.6) is 0 Å². The molecule has 0 radical (unpaired) electrons. The molecule has 0 unspecified atom stereocenters. The number of carbonyl (C=O) groups excluding carboxylic acids is 1. The molecule has 0 bridgehead atoms. The molecule has 17 heavy (non-hydrogen) atoms. The number of nitrogens with zero attached hydrogens (tertiary/aromatic N) is 3. The summed E-state index contributed by atoms with van der Waals surface area (Å²) in [7, 11) is 0. The molecule has 0 aliphatic heterocycles. The minimum Gasteiger partial charge on any atom is -0.355 e. The van der Waals surface area contributed by atoms with Crippen LogP contribution in [0.2, 0.25) is 0 Å². The monoisotopic (exact) mass is 239 g/mol. The zero-order valence-electron chi connectivity index (χ0n) is 10.7. The molecule has 0 aliphatic rings. The van der Waals surface area contributed by atoms with Crippen LogP contribution in [0.4, 0.5) is 0 Å². The molecule has 1 aromatic heterocycles. The molecular formula is C11H21N5O. The summed E-state index contributed by atoms with van der Waals surface area (Å²) in [5, 5.41) is 9.95. The summed E-state index contributed by atoms with van der Waals surface area (Å²) in [5.41, 5.74) is 0. The van der Waals surface area contributed by atoms with Gasteiger partial charge in [-0.15, -0.1) is 0 Å². The third-order valence-electron chi connectivity index (χ3n) is 2.27. The van der Waals surface area contributed by atoms with E-state index in [2.05, 4.69) is 34.6 Å². The lowest BCUT2D eigenvalue weighted by atomic mass is 10.2. The Labute approximate surface area is 102 Å². The first kappa shape index (κ1) is 13.6. The number of amides is 1. The second kappa shape index (κ2) is 7.01. The van der Waals surface area contributed by atoms with Crippen molar-refractivity contribution in [2.75, 3.05) is 13.1 Å². The second-order valence-electron chi connectivity index (χ2n) is 4.29. The quantitative estimate of drug-likeness (QED) is 0.711. The average Bonchev–Trinajstić information content (AvgIpc) is 2.74. The number of carbonyl (C=O) groups is 1. The maximum Gasteiger partial charge on any atom is 0.233 e. The Morgan fingerprint density at radius 3 is 2.94 bits per heavy atom. The maximum atomic E-state index is 11.4. The van der Waals surface area contributed by atoms with Crippen LogP contribution in [-0.2, 0) is 17.9 Å². The number of rotatable bonds is 7. The lowest BCUT2D eigenvalue weighted by Gasteiger charge is -2.08. The molecule has 6 heteroatoms. The highest BCUT2D eigenvalue weighted by Crippen LogP contribution is 1.92. The van der Waals surface area contributed by atoms with Crippen molar-refractivity contribution in [3.05, 3.63) is 12.2 Å². The molecule has 1 amide bonds. The van der Waals surface area contributed by atoms with E-state index in [0.29, 0.717) is 25.6 Å². The van der Waals surface area contributed by atoms with Crippen molar-refractivity contribution in [2.24, 2.45) is 5.92 Å². The van der Waals surface area contributed by atoms with E-state index < -0.39 is 0 Å². The topological polar surface area (TPSA) is 71.8 Å². The first-order valence-corrected chi connectivity index (χ1v) is 5.97. The van der Waals surface area contributed by atoms with E-state index >= 15 is 0 Å². The molecule has 1 rings (SSSR count). The van der Waals surface area contributed by atoms with Crippen molar-refractivity contribution in [2.45, 2.75) is 33.9 Å². The van der Waals surface area contributed by atoms with Gasteiger partial charge in [-0.3, -0.25) is 4.79 Å². The molecule has 1 aromatic rings. The van der Waals surface area contributed by atoms with Gasteiger partial charge in [0.1, 0.15) is 12.2 Å². The molecule has 0 aromatic carbocycles. The fourth-order valence-electron chi connectivity index (χ4n) is 1.36. The Morgan fingerprint density at radius 1 is 1.53 bits per heavy atom. The highest BCUT2D eigenvalue weighted by atomic mass is 16.1. The number of nitrogens with one attached hydrogen (secondary N) is 2. The zero-order chi connectivity index (χ0) is 12.7. The summed E-state index contributed by atoms with van der Waals surface area (Å²) in [6.07, 6.45) is 1.53. The van der Waals surface area contributed by atoms with Gasteiger partial charge in [0.15, 0.2) is 0 Å². The summed E-state index contributed by atoms with van der Waals surface area (Å²) in [6, 6.07) is 0. The van der Waals surface area contributed by atoms with Crippen molar-refractivity contribution in [1.82, 2.24) is 25.4 Å². The molecule has 0 fully saturated rings. The average molecular weight is 239 g/mol. The van der Waals surface area contributed by atoms with Gasteiger partial charge in [-0.05, 0) is 12.8 Å².